The van der Waals surface area contributed by atoms with Crippen molar-refractivity contribution in [2.24, 2.45) is 17.6 Å². The monoisotopic (exact) mass is 406 g/mol. The summed E-state index contributed by atoms with van der Waals surface area (Å²) < 4.78 is 20.1. The number of ether oxygens (including phenoxy) is 1. The number of aromatic nitrogens is 5. The normalized spacial score (nSPS) is 22.5. The molecular formula is C20H19FN8O. The highest BCUT2D eigenvalue weighted by Crippen LogP contribution is 2.47. The van der Waals surface area contributed by atoms with E-state index in [2.05, 4.69) is 30.2 Å². The van der Waals surface area contributed by atoms with Crippen LogP contribution in [0.25, 0.3) is 21.9 Å². The number of hydrogen-bond donors (Lipinski definition) is 3. The molecule has 0 bridgehead atoms. The summed E-state index contributed by atoms with van der Waals surface area (Å²) in [7, 11) is 1.69. The van der Waals surface area contributed by atoms with Crippen LogP contribution in [0.3, 0.4) is 0 Å². The number of anilines is 2. The lowest BCUT2D eigenvalue weighted by Gasteiger charge is -2.21. The average molecular weight is 406 g/mol. The van der Waals surface area contributed by atoms with Gasteiger partial charge in [0.1, 0.15) is 23.6 Å². The van der Waals surface area contributed by atoms with Crippen molar-refractivity contribution in [2.45, 2.75) is 6.04 Å². The van der Waals surface area contributed by atoms with E-state index >= 15 is 0 Å². The van der Waals surface area contributed by atoms with Crippen LogP contribution in [0, 0.1) is 17.7 Å². The van der Waals surface area contributed by atoms with Gasteiger partial charge in [0.05, 0.1) is 29.0 Å². The van der Waals surface area contributed by atoms with Crippen LogP contribution in [0.5, 0.6) is 11.8 Å². The van der Waals surface area contributed by atoms with Crippen LogP contribution in [-0.2, 0) is 0 Å². The van der Waals surface area contributed by atoms with Gasteiger partial charge in [-0.1, -0.05) is 0 Å². The molecule has 1 aliphatic heterocycles. The summed E-state index contributed by atoms with van der Waals surface area (Å²) in [5, 5.41) is 4.62. The number of aromatic amines is 1. The molecular weight excluding hydrogens is 387 g/mol. The zero-order valence-electron chi connectivity index (χ0n) is 16.1. The second-order valence-corrected chi connectivity index (χ2v) is 7.76. The number of H-pyrrole nitrogens is 1. The maximum absolute atomic E-state index is 14.3. The Morgan fingerprint density at radius 2 is 1.97 bits per heavy atom. The molecule has 2 unspecified atom stereocenters. The largest absolute Gasteiger partial charge is 0.421 e. The number of benzene rings is 1. The van der Waals surface area contributed by atoms with Gasteiger partial charge in [-0.25, -0.2) is 14.4 Å². The Hall–Kier alpha value is -3.53. The number of halogens is 1. The van der Waals surface area contributed by atoms with Crippen LogP contribution in [-0.4, -0.2) is 51.1 Å². The molecule has 2 atom stereocenters. The molecule has 0 amide bonds. The summed E-state index contributed by atoms with van der Waals surface area (Å²) in [6.45, 7) is 1.66. The Kier molecular flexibility index (Phi) is 3.60. The molecule has 4 heterocycles. The van der Waals surface area contributed by atoms with E-state index in [4.69, 9.17) is 15.5 Å². The van der Waals surface area contributed by atoms with E-state index in [1.807, 2.05) is 0 Å². The maximum atomic E-state index is 14.3. The first-order valence-corrected chi connectivity index (χ1v) is 9.77. The topological polar surface area (TPSA) is 118 Å². The first-order chi connectivity index (χ1) is 14.6. The molecule has 3 aromatic heterocycles. The third kappa shape index (κ3) is 2.50. The van der Waals surface area contributed by atoms with Crippen molar-refractivity contribution in [3.8, 4) is 11.8 Å². The molecule has 2 aliphatic rings. The van der Waals surface area contributed by atoms with Crippen LogP contribution >= 0.6 is 0 Å². The maximum Gasteiger partial charge on any atom is 0.326 e. The van der Waals surface area contributed by atoms with E-state index in [0.29, 0.717) is 34.4 Å². The second kappa shape index (κ2) is 6.23. The predicted octanol–water partition coefficient (Wildman–Crippen LogP) is 2.27. The molecule has 1 aromatic carbocycles. The van der Waals surface area contributed by atoms with Crippen LogP contribution < -0.4 is 20.7 Å². The summed E-state index contributed by atoms with van der Waals surface area (Å²) in [6.07, 6.45) is 4.52. The fourth-order valence-corrected chi connectivity index (χ4v) is 4.51. The van der Waals surface area contributed by atoms with Gasteiger partial charge < -0.3 is 25.7 Å². The van der Waals surface area contributed by atoms with Gasteiger partial charge in [-0.15, -0.1) is 0 Å². The fraction of sp³-hybridized carbons (Fsp3) is 0.300. The lowest BCUT2D eigenvalue weighted by Crippen LogP contribution is -2.29. The van der Waals surface area contributed by atoms with Gasteiger partial charge in [0, 0.05) is 31.6 Å². The molecule has 0 spiro atoms. The van der Waals surface area contributed by atoms with E-state index in [1.165, 1.54) is 12.4 Å². The van der Waals surface area contributed by atoms with E-state index in [-0.39, 0.29) is 17.9 Å². The molecule has 10 heteroatoms. The molecule has 30 heavy (non-hydrogen) atoms. The van der Waals surface area contributed by atoms with Gasteiger partial charge in [0.15, 0.2) is 5.75 Å². The summed E-state index contributed by atoms with van der Waals surface area (Å²) in [4.78, 5) is 22.6. The minimum atomic E-state index is -0.336. The van der Waals surface area contributed by atoms with Crippen molar-refractivity contribution in [1.82, 2.24) is 24.9 Å². The second-order valence-electron chi connectivity index (χ2n) is 7.76. The quantitative estimate of drug-likeness (QED) is 0.472. The number of nitrogens with two attached hydrogens (primary N) is 1. The van der Waals surface area contributed by atoms with Crippen LogP contribution in [0.4, 0.5) is 15.9 Å². The first kappa shape index (κ1) is 17.3. The zero-order valence-corrected chi connectivity index (χ0v) is 16.1. The zero-order chi connectivity index (χ0) is 20.4. The van der Waals surface area contributed by atoms with Crippen molar-refractivity contribution < 1.29 is 9.13 Å². The van der Waals surface area contributed by atoms with Gasteiger partial charge in [-0.2, -0.15) is 9.97 Å². The molecule has 6 rings (SSSR count). The fourth-order valence-electron chi connectivity index (χ4n) is 4.51. The lowest BCUT2D eigenvalue weighted by atomic mass is 10.1. The molecule has 0 radical (unpaired) electrons. The number of fused-ring (bicyclic) bond motifs is 4. The molecule has 4 N–H and O–H groups in total. The number of nitrogens with zero attached hydrogens (tertiary/aromatic N) is 5. The number of hydrogen-bond acceptors (Lipinski definition) is 8. The summed E-state index contributed by atoms with van der Waals surface area (Å²) in [5.41, 5.74) is 7.74. The van der Waals surface area contributed by atoms with E-state index < -0.39 is 0 Å². The van der Waals surface area contributed by atoms with E-state index in [1.54, 1.807) is 25.5 Å². The lowest BCUT2D eigenvalue weighted by molar-refractivity contribution is 0.439. The third-order valence-electron chi connectivity index (χ3n) is 6.09. The Morgan fingerprint density at radius 1 is 1.20 bits per heavy atom. The Morgan fingerprint density at radius 3 is 2.70 bits per heavy atom. The molecule has 2 fully saturated rings. The predicted molar refractivity (Wildman–Crippen MR) is 110 cm³/mol. The minimum absolute atomic E-state index is 0.176. The molecule has 1 aliphatic carbocycles. The molecule has 1 saturated carbocycles. The molecule has 152 valence electrons. The number of rotatable bonds is 4. The van der Waals surface area contributed by atoms with Gasteiger partial charge in [0.2, 0.25) is 0 Å². The first-order valence-electron chi connectivity index (χ1n) is 9.77. The van der Waals surface area contributed by atoms with Crippen LogP contribution in [0.2, 0.25) is 0 Å². The summed E-state index contributed by atoms with van der Waals surface area (Å²) in [6, 6.07) is 3.65. The van der Waals surface area contributed by atoms with Crippen molar-refractivity contribution >= 4 is 33.4 Å². The Bertz CT molecular complexity index is 1260. The van der Waals surface area contributed by atoms with Crippen molar-refractivity contribution in [1.29, 1.82) is 0 Å². The highest BCUT2D eigenvalue weighted by atomic mass is 19.1. The van der Waals surface area contributed by atoms with Gasteiger partial charge in [-0.05, 0) is 24.0 Å². The minimum Gasteiger partial charge on any atom is -0.421 e. The number of nitrogens with one attached hydrogen (secondary N) is 2. The van der Waals surface area contributed by atoms with E-state index in [9.17, 15) is 4.39 Å². The Labute approximate surface area is 170 Å². The van der Waals surface area contributed by atoms with Crippen LogP contribution in [0.15, 0.2) is 30.9 Å². The van der Waals surface area contributed by atoms with Crippen molar-refractivity contribution in [3.05, 3.63) is 36.7 Å². The summed E-state index contributed by atoms with van der Waals surface area (Å²) >= 11 is 0. The van der Waals surface area contributed by atoms with Gasteiger partial charge in [0.25, 0.3) is 0 Å². The number of piperidine rings is 1. The third-order valence-corrected chi connectivity index (χ3v) is 6.09. The highest BCUT2D eigenvalue weighted by Gasteiger charge is 2.54. The smallest absolute Gasteiger partial charge is 0.326 e. The van der Waals surface area contributed by atoms with Crippen LogP contribution in [0.1, 0.15) is 0 Å². The highest BCUT2D eigenvalue weighted by molar-refractivity contribution is 6.14. The molecule has 9 nitrogen and oxygen atoms in total. The molecule has 1 saturated heterocycles. The summed E-state index contributed by atoms with van der Waals surface area (Å²) in [5.74, 6) is 1.82. The van der Waals surface area contributed by atoms with Gasteiger partial charge in [-0.3, -0.25) is 0 Å². The average Bonchev–Trinajstić information content (AvgIpc) is 3.12. The van der Waals surface area contributed by atoms with Crippen molar-refractivity contribution in [3.63, 3.8) is 0 Å². The van der Waals surface area contributed by atoms with E-state index in [0.717, 1.165) is 29.7 Å². The Balaban J connectivity index is 1.54. The van der Waals surface area contributed by atoms with Crippen molar-refractivity contribution in [2.75, 3.05) is 30.4 Å². The molecule has 4 aromatic rings. The SMILES string of the molecule is CNc1c(F)ccc2c1[nH]c1nc(Oc3cncnc3)nc(N3CC4C(N)C4C3)c12. The standard InChI is InChI=1S/C20H19FN8O/c1-23-17-13(21)3-2-10-14-18(26-16(10)17)27-20(30-9-4-24-8-25-5-9)28-19(14)29-6-11-12(7-29)15(11)22/h2-5,8,11-12,15,23H,6-7,22H2,1H3,(H,26,27,28). The van der Waals surface area contributed by atoms with Gasteiger partial charge >= 0.3 is 6.01 Å².